The Morgan fingerprint density at radius 2 is 1.16 bits per heavy atom. The fraction of sp³-hybridized carbons (Fsp3) is 0. The van der Waals surface area contributed by atoms with Gasteiger partial charge in [-0.2, -0.15) is 0 Å². The maximum Gasteiger partial charge on any atom is 0.156 e. The van der Waals surface area contributed by atoms with Crippen LogP contribution in [0.25, 0.3) is 113 Å². The lowest BCUT2D eigenvalue weighted by molar-refractivity contribution is 1.25. The minimum atomic E-state index is 1.01. The van der Waals surface area contributed by atoms with Crippen LogP contribution in [0.15, 0.2) is 180 Å². The minimum Gasteiger partial charge on any atom is -0.291 e. The van der Waals surface area contributed by atoms with Crippen LogP contribution in [0.1, 0.15) is 0 Å². The van der Waals surface area contributed by atoms with Gasteiger partial charge in [0.2, 0.25) is 0 Å². The zero-order valence-electron chi connectivity index (χ0n) is 29.4. The van der Waals surface area contributed by atoms with Gasteiger partial charge in [-0.1, -0.05) is 151 Å². The number of fused-ring (bicyclic) bond motifs is 15. The number of rotatable bonds is 2. The zero-order chi connectivity index (χ0) is 35.8. The Morgan fingerprint density at radius 3 is 2.05 bits per heavy atom. The summed E-state index contributed by atoms with van der Waals surface area (Å²) in [6, 6.07) is 62.9. The van der Waals surface area contributed by atoms with Crippen LogP contribution >= 0.6 is 23.1 Å². The van der Waals surface area contributed by atoms with Crippen molar-refractivity contribution >= 4 is 103 Å². The quantitative estimate of drug-likeness (QED) is 0.165. The third-order valence-corrected chi connectivity index (χ3v) is 14.0. The van der Waals surface area contributed by atoms with Crippen molar-refractivity contribution in [2.45, 2.75) is 9.79 Å². The highest BCUT2D eigenvalue weighted by atomic mass is 32.2. The summed E-state index contributed by atoms with van der Waals surface area (Å²) in [4.78, 5) is 8.18. The Hall–Kier alpha value is -6.46. The van der Waals surface area contributed by atoms with Crippen molar-refractivity contribution < 1.29 is 0 Å². The molecular formula is C51H28N2S2. The number of pyridine rings is 1. The van der Waals surface area contributed by atoms with Crippen LogP contribution < -0.4 is 0 Å². The van der Waals surface area contributed by atoms with Crippen molar-refractivity contribution in [2.75, 3.05) is 0 Å². The number of nitrogens with zero attached hydrogens (tertiary/aromatic N) is 2. The molecule has 0 saturated carbocycles. The van der Waals surface area contributed by atoms with Crippen LogP contribution in [0, 0.1) is 0 Å². The molecular weight excluding hydrogens is 705 g/mol. The lowest BCUT2D eigenvalue weighted by Crippen LogP contribution is -1.94. The molecule has 0 amide bonds. The van der Waals surface area contributed by atoms with Crippen molar-refractivity contribution in [2.24, 2.45) is 0 Å². The monoisotopic (exact) mass is 732 g/mol. The molecule has 55 heavy (non-hydrogen) atoms. The molecule has 0 radical (unpaired) electrons. The minimum absolute atomic E-state index is 1.01. The van der Waals surface area contributed by atoms with E-state index in [9.17, 15) is 0 Å². The molecule has 4 heterocycles. The summed E-state index contributed by atoms with van der Waals surface area (Å²) < 4.78 is 4.92. The van der Waals surface area contributed by atoms with E-state index in [0.29, 0.717) is 0 Å². The molecule has 12 aromatic rings. The van der Waals surface area contributed by atoms with Gasteiger partial charge in [0.1, 0.15) is 0 Å². The molecule has 3 aromatic heterocycles. The van der Waals surface area contributed by atoms with Crippen molar-refractivity contribution in [1.82, 2.24) is 9.38 Å². The highest BCUT2D eigenvalue weighted by Gasteiger charge is 2.22. The lowest BCUT2D eigenvalue weighted by atomic mass is 9.95. The maximum atomic E-state index is 5.55. The Morgan fingerprint density at radius 1 is 0.436 bits per heavy atom. The lowest BCUT2D eigenvalue weighted by Gasteiger charge is -2.21. The molecule has 2 nitrogen and oxygen atoms in total. The Kier molecular flexibility index (Phi) is 6.01. The summed E-state index contributed by atoms with van der Waals surface area (Å²) >= 11 is 3.74. The van der Waals surface area contributed by atoms with Crippen LogP contribution in [0.4, 0.5) is 0 Å². The van der Waals surface area contributed by atoms with Gasteiger partial charge in [-0.25, -0.2) is 4.98 Å². The largest absolute Gasteiger partial charge is 0.291 e. The van der Waals surface area contributed by atoms with Crippen molar-refractivity contribution in [1.29, 1.82) is 0 Å². The van der Waals surface area contributed by atoms with Crippen LogP contribution in [-0.4, -0.2) is 9.38 Å². The predicted molar refractivity (Wildman–Crippen MR) is 236 cm³/mol. The third-order valence-electron chi connectivity index (χ3n) is 11.8. The number of hydrogen-bond acceptors (Lipinski definition) is 3. The standard InChI is InChI=1S/C51H28N2S2/c1-3-11-35-30(7-1)19-23-40-37(35)24-25-42-49(40)52-51-50-41(48-36-12-4-2-8-31(36)21-26-45(48)55-50)28-43(53(42)51)32-17-15-29(16-18-32)34-20-22-38-39-13-5-9-33-10-6-14-44(47(33)39)54-46(38)27-34/h1-28H. The first-order valence-corrected chi connectivity index (χ1v) is 20.3. The Labute approximate surface area is 323 Å². The molecule has 254 valence electrons. The summed E-state index contributed by atoms with van der Waals surface area (Å²) in [7, 11) is 0. The van der Waals surface area contributed by atoms with Crippen molar-refractivity contribution in [3.8, 4) is 33.5 Å². The SMILES string of the molecule is c1cc2c3c(cccc3c1)-c1ccc(-c3ccc(-c4cc5c(sc6ccc7ccccc7c65)c5nc6c7ccc8ccccc8c7ccc6n45)cc3)cc1S2. The molecule has 0 aliphatic carbocycles. The summed E-state index contributed by atoms with van der Waals surface area (Å²) in [5.74, 6) is 0. The van der Waals surface area contributed by atoms with Crippen LogP contribution in [-0.2, 0) is 0 Å². The van der Waals surface area contributed by atoms with E-state index in [4.69, 9.17) is 4.98 Å². The molecule has 0 unspecified atom stereocenters. The van der Waals surface area contributed by atoms with Crippen LogP contribution in [0.3, 0.4) is 0 Å². The zero-order valence-corrected chi connectivity index (χ0v) is 31.0. The topological polar surface area (TPSA) is 17.3 Å². The molecule has 1 aliphatic heterocycles. The molecule has 0 saturated heterocycles. The van der Waals surface area contributed by atoms with Gasteiger partial charge >= 0.3 is 0 Å². The second kappa shape index (κ2) is 11.0. The van der Waals surface area contributed by atoms with E-state index in [1.54, 1.807) is 0 Å². The number of imidazole rings is 1. The number of aromatic nitrogens is 2. The van der Waals surface area contributed by atoms with Gasteiger partial charge in [-0.3, -0.25) is 4.40 Å². The summed E-state index contributed by atoms with van der Waals surface area (Å²) in [6.45, 7) is 0. The van der Waals surface area contributed by atoms with Crippen LogP contribution in [0.5, 0.6) is 0 Å². The van der Waals surface area contributed by atoms with Crippen molar-refractivity contribution in [3.63, 3.8) is 0 Å². The number of benzene rings is 9. The normalized spacial score (nSPS) is 12.7. The van der Waals surface area contributed by atoms with E-state index in [-0.39, 0.29) is 0 Å². The molecule has 0 atom stereocenters. The molecule has 9 aromatic carbocycles. The summed E-state index contributed by atoms with van der Waals surface area (Å²) in [5, 5.41) is 12.7. The first kappa shape index (κ1) is 29.9. The van der Waals surface area contributed by atoms with Gasteiger partial charge in [-0.05, 0) is 90.5 Å². The molecule has 0 N–H and O–H groups in total. The fourth-order valence-corrected chi connectivity index (χ4v) is 11.6. The smallest absolute Gasteiger partial charge is 0.156 e. The average Bonchev–Trinajstić information content (AvgIpc) is 3.83. The van der Waals surface area contributed by atoms with E-state index in [1.165, 1.54) is 101 Å². The number of thiophene rings is 1. The Balaban J connectivity index is 1.03. The molecule has 4 heteroatoms. The van der Waals surface area contributed by atoms with Gasteiger partial charge in [0.15, 0.2) is 5.65 Å². The Bertz CT molecular complexity index is 3620. The number of hydrogen-bond donors (Lipinski definition) is 0. The van der Waals surface area contributed by atoms with Gasteiger partial charge < -0.3 is 0 Å². The second-order valence-corrected chi connectivity index (χ2v) is 16.8. The first-order valence-electron chi connectivity index (χ1n) is 18.7. The summed E-state index contributed by atoms with van der Waals surface area (Å²) in [6.07, 6.45) is 0. The van der Waals surface area contributed by atoms with Gasteiger partial charge in [0, 0.05) is 36.0 Å². The van der Waals surface area contributed by atoms with E-state index >= 15 is 0 Å². The highest BCUT2D eigenvalue weighted by Crippen LogP contribution is 2.49. The van der Waals surface area contributed by atoms with Gasteiger partial charge in [0.05, 0.1) is 21.4 Å². The molecule has 13 rings (SSSR count). The molecule has 0 bridgehead atoms. The maximum absolute atomic E-state index is 5.55. The van der Waals surface area contributed by atoms with Gasteiger partial charge in [-0.15, -0.1) is 11.3 Å². The third kappa shape index (κ3) is 4.18. The van der Waals surface area contributed by atoms with E-state index in [2.05, 4.69) is 174 Å². The molecule has 1 aliphatic rings. The molecule has 0 spiro atoms. The fourth-order valence-electron chi connectivity index (χ4n) is 9.21. The molecule has 0 fully saturated rings. The van der Waals surface area contributed by atoms with Crippen LogP contribution in [0.2, 0.25) is 0 Å². The van der Waals surface area contributed by atoms with E-state index in [0.717, 1.165) is 22.4 Å². The van der Waals surface area contributed by atoms with E-state index < -0.39 is 0 Å². The predicted octanol–water partition coefficient (Wildman–Crippen LogP) is 14.9. The average molecular weight is 733 g/mol. The van der Waals surface area contributed by atoms with Crippen molar-refractivity contribution in [3.05, 3.63) is 170 Å². The first-order chi connectivity index (χ1) is 27.2. The van der Waals surface area contributed by atoms with E-state index in [1.807, 2.05) is 23.1 Å². The highest BCUT2D eigenvalue weighted by molar-refractivity contribution is 7.99. The second-order valence-electron chi connectivity index (χ2n) is 14.7. The van der Waals surface area contributed by atoms with Gasteiger partial charge in [0.25, 0.3) is 0 Å². The summed E-state index contributed by atoms with van der Waals surface area (Å²) in [5.41, 5.74) is 10.6.